The zero-order chi connectivity index (χ0) is 13.0. The average molecular weight is 266 g/mol. The molecule has 0 bridgehead atoms. The van der Waals surface area contributed by atoms with Crippen LogP contribution in [0.1, 0.15) is 52.0 Å². The van der Waals surface area contributed by atoms with Crippen LogP contribution in [0, 0.1) is 5.92 Å². The maximum atomic E-state index is 11.4. The fraction of sp³-hybridized carbons (Fsp3) is 0.714. The highest BCUT2D eigenvalue weighted by molar-refractivity contribution is 7.99. The average Bonchev–Trinajstić information content (AvgIpc) is 2.37. The second kappa shape index (κ2) is 6.41. The molecule has 0 radical (unpaired) electrons. The van der Waals surface area contributed by atoms with Crippen molar-refractivity contribution >= 4 is 11.8 Å². The largest absolute Gasteiger partial charge is 0.325 e. The standard InChI is InChI=1S/C14H22N2OS/c1-11(2)16-9-8-13(17)15-14(16)18-10-12-6-4-3-5-7-12/h8-9,11-12H,3-7,10H2,1-2H3. The van der Waals surface area contributed by atoms with Gasteiger partial charge < -0.3 is 4.57 Å². The van der Waals surface area contributed by atoms with E-state index < -0.39 is 0 Å². The number of rotatable bonds is 4. The van der Waals surface area contributed by atoms with Gasteiger partial charge in [0, 0.05) is 24.1 Å². The molecule has 0 atom stereocenters. The smallest absolute Gasteiger partial charge is 0.273 e. The first-order valence-electron chi connectivity index (χ1n) is 6.89. The van der Waals surface area contributed by atoms with E-state index in [0.29, 0.717) is 6.04 Å². The highest BCUT2D eigenvalue weighted by atomic mass is 32.2. The predicted octanol–water partition coefficient (Wildman–Crippen LogP) is 3.50. The molecule has 18 heavy (non-hydrogen) atoms. The van der Waals surface area contributed by atoms with Crippen LogP contribution in [0.15, 0.2) is 22.2 Å². The first-order chi connectivity index (χ1) is 8.66. The Hall–Kier alpha value is -0.770. The molecule has 0 aliphatic heterocycles. The van der Waals surface area contributed by atoms with Gasteiger partial charge in [-0.2, -0.15) is 4.98 Å². The van der Waals surface area contributed by atoms with Crippen LogP contribution in [0.4, 0.5) is 0 Å². The summed E-state index contributed by atoms with van der Waals surface area (Å²) in [5, 5.41) is 0.878. The van der Waals surface area contributed by atoms with Gasteiger partial charge in [0.2, 0.25) is 0 Å². The minimum Gasteiger partial charge on any atom is -0.325 e. The molecule has 0 amide bonds. The molecule has 1 aromatic heterocycles. The van der Waals surface area contributed by atoms with Crippen LogP contribution in [0.5, 0.6) is 0 Å². The Kier molecular flexibility index (Phi) is 4.87. The fourth-order valence-corrected chi connectivity index (χ4v) is 3.74. The van der Waals surface area contributed by atoms with Crippen molar-refractivity contribution < 1.29 is 0 Å². The second-order valence-corrected chi connectivity index (χ2v) is 6.35. The predicted molar refractivity (Wildman–Crippen MR) is 76.2 cm³/mol. The van der Waals surface area contributed by atoms with Crippen molar-refractivity contribution in [2.75, 3.05) is 5.75 Å². The van der Waals surface area contributed by atoms with Crippen LogP contribution in [0.3, 0.4) is 0 Å². The van der Waals surface area contributed by atoms with Gasteiger partial charge in [-0.15, -0.1) is 0 Å². The zero-order valence-corrected chi connectivity index (χ0v) is 12.1. The third kappa shape index (κ3) is 3.61. The van der Waals surface area contributed by atoms with E-state index in [4.69, 9.17) is 0 Å². The molecule has 0 saturated heterocycles. The molecule has 1 aliphatic rings. The van der Waals surface area contributed by atoms with Gasteiger partial charge in [0.05, 0.1) is 0 Å². The molecule has 0 spiro atoms. The van der Waals surface area contributed by atoms with Gasteiger partial charge in [0.15, 0.2) is 5.16 Å². The molecule has 0 N–H and O–H groups in total. The number of nitrogens with zero attached hydrogens (tertiary/aromatic N) is 2. The minimum atomic E-state index is -0.127. The Morgan fingerprint density at radius 3 is 2.78 bits per heavy atom. The van der Waals surface area contributed by atoms with Crippen molar-refractivity contribution in [1.82, 2.24) is 9.55 Å². The lowest BCUT2D eigenvalue weighted by Crippen LogP contribution is -2.16. The molecule has 3 nitrogen and oxygen atoms in total. The number of hydrogen-bond donors (Lipinski definition) is 0. The summed E-state index contributed by atoms with van der Waals surface area (Å²) in [6, 6.07) is 1.90. The SMILES string of the molecule is CC(C)n1ccc(=O)nc1SCC1CCCCC1. The van der Waals surface area contributed by atoms with Crippen molar-refractivity contribution in [1.29, 1.82) is 0 Å². The van der Waals surface area contributed by atoms with Crippen LogP contribution in [-0.4, -0.2) is 15.3 Å². The molecular formula is C14H22N2OS. The number of thioether (sulfide) groups is 1. The van der Waals surface area contributed by atoms with E-state index in [1.165, 1.54) is 32.1 Å². The third-order valence-corrected chi connectivity index (χ3v) is 4.73. The second-order valence-electron chi connectivity index (χ2n) is 5.36. The summed E-state index contributed by atoms with van der Waals surface area (Å²) >= 11 is 1.75. The molecule has 1 aliphatic carbocycles. The lowest BCUT2D eigenvalue weighted by atomic mass is 9.91. The Morgan fingerprint density at radius 2 is 2.11 bits per heavy atom. The molecule has 4 heteroatoms. The highest BCUT2D eigenvalue weighted by Gasteiger charge is 2.15. The van der Waals surface area contributed by atoms with Crippen molar-refractivity contribution in [3.05, 3.63) is 22.6 Å². The first-order valence-corrected chi connectivity index (χ1v) is 7.87. The molecule has 0 unspecified atom stereocenters. The molecule has 1 fully saturated rings. The minimum absolute atomic E-state index is 0.127. The lowest BCUT2D eigenvalue weighted by Gasteiger charge is -2.22. The maximum Gasteiger partial charge on any atom is 0.273 e. The van der Waals surface area contributed by atoms with Crippen LogP contribution < -0.4 is 5.56 Å². The Balaban J connectivity index is 2.03. The Labute approximate surface area is 113 Å². The summed E-state index contributed by atoms with van der Waals surface area (Å²) in [4.78, 5) is 15.5. The number of aromatic nitrogens is 2. The molecule has 1 aromatic rings. The molecule has 2 rings (SSSR count). The molecule has 1 heterocycles. The van der Waals surface area contributed by atoms with Gasteiger partial charge in [0.1, 0.15) is 0 Å². The molecular weight excluding hydrogens is 244 g/mol. The van der Waals surface area contributed by atoms with E-state index in [2.05, 4.69) is 23.4 Å². The van der Waals surface area contributed by atoms with E-state index in [9.17, 15) is 4.79 Å². The lowest BCUT2D eigenvalue weighted by molar-refractivity contribution is 0.390. The summed E-state index contributed by atoms with van der Waals surface area (Å²) in [5.74, 6) is 1.91. The van der Waals surface area contributed by atoms with Crippen molar-refractivity contribution in [3.63, 3.8) is 0 Å². The quantitative estimate of drug-likeness (QED) is 0.618. The van der Waals surface area contributed by atoms with Crippen LogP contribution in [0.2, 0.25) is 0 Å². The summed E-state index contributed by atoms with van der Waals surface area (Å²) in [7, 11) is 0. The molecule has 100 valence electrons. The van der Waals surface area contributed by atoms with Crippen LogP contribution >= 0.6 is 11.8 Å². The van der Waals surface area contributed by atoms with E-state index in [0.717, 1.165) is 16.8 Å². The summed E-state index contributed by atoms with van der Waals surface area (Å²) in [6.45, 7) is 4.24. The molecule has 0 aromatic carbocycles. The van der Waals surface area contributed by atoms with E-state index in [1.807, 2.05) is 6.20 Å². The Bertz CT molecular complexity index is 436. The normalized spacial score (nSPS) is 17.3. The fourth-order valence-electron chi connectivity index (χ4n) is 2.44. The first kappa shape index (κ1) is 13.7. The topological polar surface area (TPSA) is 34.9 Å². The zero-order valence-electron chi connectivity index (χ0n) is 11.3. The summed E-state index contributed by atoms with van der Waals surface area (Å²) in [5.41, 5.74) is -0.127. The number of hydrogen-bond acceptors (Lipinski definition) is 3. The van der Waals surface area contributed by atoms with Crippen molar-refractivity contribution in [3.8, 4) is 0 Å². The highest BCUT2D eigenvalue weighted by Crippen LogP contribution is 2.29. The Morgan fingerprint density at radius 1 is 1.39 bits per heavy atom. The van der Waals surface area contributed by atoms with Gasteiger partial charge in [-0.1, -0.05) is 31.0 Å². The van der Waals surface area contributed by atoms with Crippen LogP contribution in [0.25, 0.3) is 0 Å². The molecule has 1 saturated carbocycles. The van der Waals surface area contributed by atoms with Gasteiger partial charge in [-0.25, -0.2) is 0 Å². The van der Waals surface area contributed by atoms with E-state index >= 15 is 0 Å². The van der Waals surface area contributed by atoms with Gasteiger partial charge in [0.25, 0.3) is 5.56 Å². The summed E-state index contributed by atoms with van der Waals surface area (Å²) in [6.07, 6.45) is 8.66. The third-order valence-electron chi connectivity index (χ3n) is 3.53. The van der Waals surface area contributed by atoms with E-state index in [1.54, 1.807) is 17.8 Å². The van der Waals surface area contributed by atoms with Gasteiger partial charge in [-0.3, -0.25) is 4.79 Å². The van der Waals surface area contributed by atoms with Gasteiger partial charge >= 0.3 is 0 Å². The summed E-state index contributed by atoms with van der Waals surface area (Å²) < 4.78 is 2.09. The van der Waals surface area contributed by atoms with E-state index in [-0.39, 0.29) is 5.56 Å². The van der Waals surface area contributed by atoms with Crippen molar-refractivity contribution in [2.45, 2.75) is 57.1 Å². The maximum absolute atomic E-state index is 11.4. The monoisotopic (exact) mass is 266 g/mol. The van der Waals surface area contributed by atoms with Crippen LogP contribution in [-0.2, 0) is 0 Å². The van der Waals surface area contributed by atoms with Crippen molar-refractivity contribution in [2.24, 2.45) is 5.92 Å². The van der Waals surface area contributed by atoms with Gasteiger partial charge in [-0.05, 0) is 32.6 Å².